The van der Waals surface area contributed by atoms with E-state index in [1.807, 2.05) is 0 Å². The van der Waals surface area contributed by atoms with E-state index >= 15 is 0 Å². The van der Waals surface area contributed by atoms with Gasteiger partial charge in [0.15, 0.2) is 0 Å². The van der Waals surface area contributed by atoms with Gasteiger partial charge in [0.2, 0.25) is 0 Å². The summed E-state index contributed by atoms with van der Waals surface area (Å²) in [4.78, 5) is 0. The van der Waals surface area contributed by atoms with E-state index < -0.39 is 0 Å². The van der Waals surface area contributed by atoms with Gasteiger partial charge in [0.25, 0.3) is 0 Å². The Morgan fingerprint density at radius 3 is 2.05 bits per heavy atom. The van der Waals surface area contributed by atoms with Crippen LogP contribution in [0.2, 0.25) is 0 Å². The third-order valence-corrected chi connectivity index (χ3v) is 5.18. The molecule has 3 N–H and O–H groups in total. The number of rotatable bonds is 3. The molecule has 1 saturated heterocycles. The van der Waals surface area contributed by atoms with Gasteiger partial charge < -0.3 is 4.74 Å². The molecule has 1 saturated carbocycles. The van der Waals surface area contributed by atoms with Gasteiger partial charge in [-0.3, -0.25) is 11.3 Å². The molecular weight excluding hydrogens is 236 g/mol. The topological polar surface area (TPSA) is 47.3 Å². The Labute approximate surface area is 118 Å². The minimum Gasteiger partial charge on any atom is -0.369 e. The summed E-state index contributed by atoms with van der Waals surface area (Å²) in [5.41, 5.74) is 3.06. The zero-order valence-electron chi connectivity index (χ0n) is 13.2. The van der Waals surface area contributed by atoms with E-state index in [0.29, 0.717) is 17.9 Å². The van der Waals surface area contributed by atoms with Gasteiger partial charge in [-0.05, 0) is 52.9 Å². The van der Waals surface area contributed by atoms with Crippen molar-refractivity contribution in [3.8, 4) is 0 Å². The van der Waals surface area contributed by atoms with Gasteiger partial charge in [0, 0.05) is 12.0 Å². The molecule has 2 rings (SSSR count). The van der Waals surface area contributed by atoms with E-state index in [-0.39, 0.29) is 11.2 Å². The standard InChI is InChI=1S/C16H32N2O/c1-15(2)11-13(16(3,4)19-15)14(18-17)12-9-7-5-6-8-10-12/h12-14,18H,5-11,17H2,1-4H3. The zero-order chi connectivity index (χ0) is 14.1. The lowest BCUT2D eigenvalue weighted by Gasteiger charge is -2.37. The normalized spacial score (nSPS) is 33.0. The highest BCUT2D eigenvalue weighted by atomic mass is 16.5. The number of ether oxygens (including phenoxy) is 1. The summed E-state index contributed by atoms with van der Waals surface area (Å²) < 4.78 is 6.26. The lowest BCUT2D eigenvalue weighted by molar-refractivity contribution is -0.0799. The molecule has 1 heterocycles. The summed E-state index contributed by atoms with van der Waals surface area (Å²) in [6.07, 6.45) is 9.25. The third-order valence-electron chi connectivity index (χ3n) is 5.18. The summed E-state index contributed by atoms with van der Waals surface area (Å²) in [7, 11) is 0. The maximum absolute atomic E-state index is 6.26. The summed E-state index contributed by atoms with van der Waals surface area (Å²) in [5, 5.41) is 0. The molecule has 19 heavy (non-hydrogen) atoms. The van der Waals surface area contributed by atoms with Crippen LogP contribution in [0.4, 0.5) is 0 Å². The Kier molecular flexibility index (Phi) is 4.59. The van der Waals surface area contributed by atoms with Crippen LogP contribution >= 0.6 is 0 Å². The van der Waals surface area contributed by atoms with E-state index in [2.05, 4.69) is 33.1 Å². The first-order chi connectivity index (χ1) is 8.86. The Balaban J connectivity index is 2.12. The molecule has 3 heteroatoms. The van der Waals surface area contributed by atoms with Crippen molar-refractivity contribution in [1.82, 2.24) is 5.43 Å². The van der Waals surface area contributed by atoms with E-state index in [0.717, 1.165) is 6.42 Å². The second kappa shape index (κ2) is 5.71. The highest BCUT2D eigenvalue weighted by Gasteiger charge is 2.50. The molecule has 2 atom stereocenters. The first-order valence-electron chi connectivity index (χ1n) is 8.02. The van der Waals surface area contributed by atoms with Crippen LogP contribution in [0, 0.1) is 11.8 Å². The minimum absolute atomic E-state index is 0.0198. The van der Waals surface area contributed by atoms with Crippen LogP contribution in [0.5, 0.6) is 0 Å². The van der Waals surface area contributed by atoms with E-state index in [1.54, 1.807) is 0 Å². The average molecular weight is 268 g/mol. The van der Waals surface area contributed by atoms with Gasteiger partial charge in [-0.25, -0.2) is 0 Å². The maximum atomic E-state index is 6.26. The Morgan fingerprint density at radius 1 is 1.05 bits per heavy atom. The van der Waals surface area contributed by atoms with Crippen LogP contribution in [0.25, 0.3) is 0 Å². The summed E-state index contributed by atoms with van der Waals surface area (Å²) in [6, 6.07) is 0.398. The number of hydrazine groups is 1. The van der Waals surface area contributed by atoms with Crippen LogP contribution in [0.15, 0.2) is 0 Å². The molecule has 112 valence electrons. The first-order valence-corrected chi connectivity index (χ1v) is 8.02. The Bertz CT molecular complexity index is 293. The van der Waals surface area contributed by atoms with Crippen molar-refractivity contribution in [2.45, 2.75) is 89.9 Å². The zero-order valence-corrected chi connectivity index (χ0v) is 13.2. The predicted molar refractivity (Wildman–Crippen MR) is 79.7 cm³/mol. The van der Waals surface area contributed by atoms with Gasteiger partial charge in [-0.2, -0.15) is 0 Å². The molecule has 0 aromatic rings. The fourth-order valence-electron chi connectivity index (χ4n) is 4.42. The van der Waals surface area contributed by atoms with E-state index in [9.17, 15) is 0 Å². The molecule has 2 aliphatic rings. The molecule has 1 aliphatic carbocycles. The number of hydrogen-bond acceptors (Lipinski definition) is 3. The molecule has 0 bridgehead atoms. The van der Waals surface area contributed by atoms with Gasteiger partial charge in [-0.1, -0.05) is 25.7 Å². The molecule has 0 aromatic carbocycles. The average Bonchev–Trinajstić information content (AvgIpc) is 2.49. The van der Waals surface area contributed by atoms with E-state index in [1.165, 1.54) is 38.5 Å². The second-order valence-corrected chi connectivity index (χ2v) is 7.72. The summed E-state index contributed by atoms with van der Waals surface area (Å²) in [5.74, 6) is 7.17. The number of nitrogens with two attached hydrogens (primary N) is 1. The lowest BCUT2D eigenvalue weighted by Crippen LogP contribution is -2.51. The van der Waals surface area contributed by atoms with Gasteiger partial charge in [-0.15, -0.1) is 0 Å². The fourth-order valence-corrected chi connectivity index (χ4v) is 4.42. The molecule has 1 aliphatic heterocycles. The van der Waals surface area contributed by atoms with Crippen molar-refractivity contribution in [2.75, 3.05) is 0 Å². The molecule has 0 radical (unpaired) electrons. The molecule has 2 fully saturated rings. The molecule has 0 amide bonds. The summed E-state index contributed by atoms with van der Waals surface area (Å²) >= 11 is 0. The van der Waals surface area contributed by atoms with Crippen molar-refractivity contribution < 1.29 is 4.74 Å². The predicted octanol–water partition coefficient (Wildman–Crippen LogP) is 3.38. The second-order valence-electron chi connectivity index (χ2n) is 7.72. The largest absolute Gasteiger partial charge is 0.369 e. The molecular formula is C16H32N2O. The fraction of sp³-hybridized carbons (Fsp3) is 1.00. The highest BCUT2D eigenvalue weighted by Crippen LogP contribution is 2.46. The SMILES string of the molecule is CC1(C)CC(C(NN)C2CCCCCC2)C(C)(C)O1. The third kappa shape index (κ3) is 3.50. The minimum atomic E-state index is -0.0765. The highest BCUT2D eigenvalue weighted by molar-refractivity contribution is 5.00. The maximum Gasteiger partial charge on any atom is 0.0678 e. The van der Waals surface area contributed by atoms with Gasteiger partial charge in [0.05, 0.1) is 11.2 Å². The number of hydrogen-bond donors (Lipinski definition) is 2. The van der Waals surface area contributed by atoms with Crippen molar-refractivity contribution >= 4 is 0 Å². The monoisotopic (exact) mass is 268 g/mol. The first kappa shape index (κ1) is 15.3. The van der Waals surface area contributed by atoms with Crippen LogP contribution in [-0.4, -0.2) is 17.2 Å². The van der Waals surface area contributed by atoms with Crippen molar-refractivity contribution in [2.24, 2.45) is 17.7 Å². The summed E-state index contributed by atoms with van der Waals surface area (Å²) in [6.45, 7) is 8.87. The molecule has 3 nitrogen and oxygen atoms in total. The van der Waals surface area contributed by atoms with Crippen molar-refractivity contribution in [3.63, 3.8) is 0 Å². The van der Waals surface area contributed by atoms with Crippen molar-refractivity contribution in [3.05, 3.63) is 0 Å². The quantitative estimate of drug-likeness (QED) is 0.468. The smallest absolute Gasteiger partial charge is 0.0678 e. The Hall–Kier alpha value is -0.120. The van der Waals surface area contributed by atoms with Crippen LogP contribution in [0.1, 0.15) is 72.6 Å². The lowest BCUT2D eigenvalue weighted by atomic mass is 9.75. The van der Waals surface area contributed by atoms with Crippen LogP contribution in [0.3, 0.4) is 0 Å². The van der Waals surface area contributed by atoms with Gasteiger partial charge in [0.1, 0.15) is 0 Å². The molecule has 0 aromatic heterocycles. The Morgan fingerprint density at radius 2 is 1.63 bits per heavy atom. The van der Waals surface area contributed by atoms with Crippen molar-refractivity contribution in [1.29, 1.82) is 0 Å². The number of nitrogens with one attached hydrogen (secondary N) is 1. The molecule has 2 unspecified atom stereocenters. The van der Waals surface area contributed by atoms with Crippen LogP contribution in [-0.2, 0) is 4.74 Å². The molecule has 0 spiro atoms. The van der Waals surface area contributed by atoms with E-state index in [4.69, 9.17) is 10.6 Å². The van der Waals surface area contributed by atoms with Gasteiger partial charge >= 0.3 is 0 Å². The van der Waals surface area contributed by atoms with Crippen LogP contribution < -0.4 is 11.3 Å².